The molecule has 4 nitrogen and oxygen atoms in total. The van der Waals surface area contributed by atoms with Crippen molar-refractivity contribution in [2.75, 3.05) is 13.1 Å². The summed E-state index contributed by atoms with van der Waals surface area (Å²) < 4.78 is 26.0. The van der Waals surface area contributed by atoms with Crippen LogP contribution in [0.4, 0.5) is 0 Å². The normalized spacial score (nSPS) is 12.4. The number of aromatic nitrogens is 1. The van der Waals surface area contributed by atoms with Crippen LogP contribution in [0.1, 0.15) is 13.8 Å². The number of hydrogen-bond acceptors (Lipinski definition) is 2. The first-order chi connectivity index (χ1) is 8.09. The lowest BCUT2D eigenvalue weighted by atomic mass is 10.2. The molecule has 0 saturated carbocycles. The van der Waals surface area contributed by atoms with Gasteiger partial charge in [0.2, 0.25) is 10.0 Å². The number of aromatic amines is 1. The number of nitrogens with zero attached hydrogens (tertiary/aromatic N) is 1. The Morgan fingerprint density at radius 2 is 1.88 bits per heavy atom. The van der Waals surface area contributed by atoms with Gasteiger partial charge in [-0.1, -0.05) is 13.8 Å². The second-order valence-electron chi connectivity index (χ2n) is 3.82. The molecule has 1 N–H and O–H groups in total. The molecule has 0 aliphatic heterocycles. The molecule has 0 amide bonds. The smallest absolute Gasteiger partial charge is 0.243 e. The van der Waals surface area contributed by atoms with E-state index in [-0.39, 0.29) is 0 Å². The van der Waals surface area contributed by atoms with Crippen LogP contribution in [-0.4, -0.2) is 30.8 Å². The van der Waals surface area contributed by atoms with Gasteiger partial charge in [0.1, 0.15) is 0 Å². The zero-order chi connectivity index (χ0) is 12.5. The highest BCUT2D eigenvalue weighted by atomic mass is 32.2. The molecule has 5 heteroatoms. The fraction of sp³-hybridized carbons (Fsp3) is 0.333. The molecular weight excluding hydrogens is 236 g/mol. The molecule has 0 spiro atoms. The Kier molecular flexibility index (Phi) is 3.22. The van der Waals surface area contributed by atoms with E-state index >= 15 is 0 Å². The van der Waals surface area contributed by atoms with Gasteiger partial charge < -0.3 is 4.98 Å². The summed E-state index contributed by atoms with van der Waals surface area (Å²) in [4.78, 5) is 3.40. The van der Waals surface area contributed by atoms with E-state index in [9.17, 15) is 8.42 Å². The zero-order valence-corrected chi connectivity index (χ0v) is 10.8. The Hall–Kier alpha value is -1.33. The van der Waals surface area contributed by atoms with Crippen molar-refractivity contribution in [3.63, 3.8) is 0 Å². The number of nitrogens with one attached hydrogen (secondary N) is 1. The van der Waals surface area contributed by atoms with Gasteiger partial charge in [0.25, 0.3) is 0 Å². The summed E-state index contributed by atoms with van der Waals surface area (Å²) in [6, 6.07) is 7.02. The number of sulfonamides is 1. The lowest BCUT2D eigenvalue weighted by Gasteiger charge is -2.18. The molecule has 0 bridgehead atoms. The van der Waals surface area contributed by atoms with Crippen molar-refractivity contribution in [3.05, 3.63) is 30.5 Å². The van der Waals surface area contributed by atoms with Crippen molar-refractivity contribution in [3.8, 4) is 0 Å². The lowest BCUT2D eigenvalue weighted by Crippen LogP contribution is -2.30. The van der Waals surface area contributed by atoms with E-state index in [1.165, 1.54) is 4.31 Å². The Labute approximate surface area is 101 Å². The van der Waals surface area contributed by atoms with Crippen LogP contribution in [0.5, 0.6) is 0 Å². The van der Waals surface area contributed by atoms with Crippen LogP contribution in [0.3, 0.4) is 0 Å². The van der Waals surface area contributed by atoms with Gasteiger partial charge in [0, 0.05) is 30.2 Å². The molecule has 2 rings (SSSR count). The van der Waals surface area contributed by atoms with E-state index in [1.54, 1.807) is 24.4 Å². The number of rotatable bonds is 4. The average molecular weight is 252 g/mol. The minimum absolute atomic E-state index is 0.355. The molecule has 1 aromatic heterocycles. The van der Waals surface area contributed by atoms with Gasteiger partial charge in [0.15, 0.2) is 0 Å². The Bertz CT molecular complexity index is 612. The third-order valence-electron chi connectivity index (χ3n) is 2.87. The first-order valence-electron chi connectivity index (χ1n) is 5.67. The predicted molar refractivity (Wildman–Crippen MR) is 68.4 cm³/mol. The van der Waals surface area contributed by atoms with Gasteiger partial charge in [-0.05, 0) is 24.3 Å². The quantitative estimate of drug-likeness (QED) is 0.907. The third-order valence-corrected chi connectivity index (χ3v) is 4.91. The highest BCUT2D eigenvalue weighted by Crippen LogP contribution is 2.20. The summed E-state index contributed by atoms with van der Waals surface area (Å²) in [5.74, 6) is 0. The molecule has 0 aliphatic carbocycles. The minimum Gasteiger partial charge on any atom is -0.361 e. The maximum Gasteiger partial charge on any atom is 0.243 e. The number of hydrogen-bond donors (Lipinski definition) is 1. The van der Waals surface area contributed by atoms with Gasteiger partial charge in [-0.2, -0.15) is 4.31 Å². The average Bonchev–Trinajstić information content (AvgIpc) is 2.77. The van der Waals surface area contributed by atoms with E-state index in [0.717, 1.165) is 10.9 Å². The standard InChI is InChI=1S/C12H16N2O2S/c1-3-14(4-2)17(15,16)11-5-6-12-10(9-11)7-8-13-12/h5-9,13H,3-4H2,1-2H3. The number of fused-ring (bicyclic) bond motifs is 1. The molecule has 92 valence electrons. The summed E-state index contributed by atoms with van der Waals surface area (Å²) in [5.41, 5.74) is 0.948. The predicted octanol–water partition coefficient (Wildman–Crippen LogP) is 2.20. The highest BCUT2D eigenvalue weighted by molar-refractivity contribution is 7.89. The van der Waals surface area contributed by atoms with Crippen LogP contribution in [0, 0.1) is 0 Å². The first-order valence-corrected chi connectivity index (χ1v) is 7.11. The highest BCUT2D eigenvalue weighted by Gasteiger charge is 2.21. The lowest BCUT2D eigenvalue weighted by molar-refractivity contribution is 0.445. The van der Waals surface area contributed by atoms with Gasteiger partial charge in [-0.3, -0.25) is 0 Å². The number of H-pyrrole nitrogens is 1. The van der Waals surface area contributed by atoms with Crippen LogP contribution in [-0.2, 0) is 10.0 Å². The molecule has 1 aromatic carbocycles. The Balaban J connectivity index is 2.51. The van der Waals surface area contributed by atoms with E-state index < -0.39 is 10.0 Å². The second-order valence-corrected chi connectivity index (χ2v) is 5.75. The van der Waals surface area contributed by atoms with Gasteiger partial charge in [-0.15, -0.1) is 0 Å². The van der Waals surface area contributed by atoms with E-state index in [4.69, 9.17) is 0 Å². The Morgan fingerprint density at radius 3 is 2.53 bits per heavy atom. The topological polar surface area (TPSA) is 53.2 Å². The molecule has 0 saturated heterocycles. The molecule has 0 aliphatic rings. The van der Waals surface area contributed by atoms with Gasteiger partial charge in [-0.25, -0.2) is 8.42 Å². The summed E-state index contributed by atoms with van der Waals surface area (Å²) in [5, 5.41) is 0.915. The molecule has 0 fully saturated rings. The molecular formula is C12H16N2O2S. The monoisotopic (exact) mass is 252 g/mol. The van der Waals surface area contributed by atoms with Crippen LogP contribution in [0.2, 0.25) is 0 Å². The summed E-state index contributed by atoms with van der Waals surface area (Å²) in [7, 11) is -3.35. The molecule has 0 radical (unpaired) electrons. The summed E-state index contributed by atoms with van der Waals surface area (Å²) in [6.45, 7) is 4.67. The van der Waals surface area contributed by atoms with Crippen LogP contribution < -0.4 is 0 Å². The van der Waals surface area contributed by atoms with Gasteiger partial charge in [0.05, 0.1) is 4.90 Å². The number of benzene rings is 1. The Morgan fingerprint density at radius 1 is 1.18 bits per heavy atom. The molecule has 0 atom stereocenters. The maximum atomic E-state index is 12.3. The molecule has 1 heterocycles. The van der Waals surface area contributed by atoms with Crippen molar-refractivity contribution >= 4 is 20.9 Å². The fourth-order valence-electron chi connectivity index (χ4n) is 1.90. The van der Waals surface area contributed by atoms with Crippen LogP contribution in [0.15, 0.2) is 35.4 Å². The van der Waals surface area contributed by atoms with Crippen molar-refractivity contribution in [2.45, 2.75) is 18.7 Å². The van der Waals surface area contributed by atoms with Crippen LogP contribution in [0.25, 0.3) is 10.9 Å². The van der Waals surface area contributed by atoms with E-state index in [1.807, 2.05) is 19.9 Å². The van der Waals surface area contributed by atoms with Crippen molar-refractivity contribution in [1.82, 2.24) is 9.29 Å². The van der Waals surface area contributed by atoms with Crippen molar-refractivity contribution < 1.29 is 8.42 Å². The molecule has 2 aromatic rings. The van der Waals surface area contributed by atoms with E-state index in [0.29, 0.717) is 18.0 Å². The van der Waals surface area contributed by atoms with Gasteiger partial charge >= 0.3 is 0 Å². The third kappa shape index (κ3) is 2.08. The van der Waals surface area contributed by atoms with Crippen molar-refractivity contribution in [2.24, 2.45) is 0 Å². The summed E-state index contributed by atoms with van der Waals surface area (Å²) in [6.07, 6.45) is 1.80. The molecule has 0 unspecified atom stereocenters. The fourth-order valence-corrected chi connectivity index (χ4v) is 3.40. The van der Waals surface area contributed by atoms with Crippen molar-refractivity contribution in [1.29, 1.82) is 0 Å². The second kappa shape index (κ2) is 4.50. The van der Waals surface area contributed by atoms with Crippen LogP contribution >= 0.6 is 0 Å². The maximum absolute atomic E-state index is 12.3. The summed E-state index contributed by atoms with van der Waals surface area (Å²) >= 11 is 0. The SMILES string of the molecule is CCN(CC)S(=O)(=O)c1ccc2[nH]ccc2c1. The molecule has 17 heavy (non-hydrogen) atoms. The van der Waals surface area contributed by atoms with E-state index in [2.05, 4.69) is 4.98 Å². The minimum atomic E-state index is -3.35. The largest absolute Gasteiger partial charge is 0.361 e. The first kappa shape index (κ1) is 12.1. The zero-order valence-electron chi connectivity index (χ0n) is 9.97.